The molecule has 1 aliphatic rings. The number of benzene rings is 1. The molecule has 0 radical (unpaired) electrons. The quantitative estimate of drug-likeness (QED) is 0.563. The summed E-state index contributed by atoms with van der Waals surface area (Å²) in [5, 5.41) is 6.30. The van der Waals surface area contributed by atoms with Crippen LogP contribution in [0.4, 0.5) is 0 Å². The third-order valence-electron chi connectivity index (χ3n) is 3.21. The Kier molecular flexibility index (Phi) is 5.62. The maximum absolute atomic E-state index is 11.6. The fourth-order valence-corrected chi connectivity index (χ4v) is 1.84. The highest BCUT2D eigenvalue weighted by molar-refractivity contribution is 5.91. The van der Waals surface area contributed by atoms with Gasteiger partial charge in [-0.3, -0.25) is 4.79 Å². The van der Waals surface area contributed by atoms with Gasteiger partial charge >= 0.3 is 0 Å². The second-order valence-corrected chi connectivity index (χ2v) is 4.98. The molecule has 2 N–H and O–H groups in total. The Morgan fingerprint density at radius 2 is 2.05 bits per heavy atom. The lowest BCUT2D eigenvalue weighted by Crippen LogP contribution is -2.26. The molecule has 20 heavy (non-hydrogen) atoms. The van der Waals surface area contributed by atoms with E-state index in [9.17, 15) is 4.79 Å². The molecular weight excluding hydrogens is 252 g/mol. The number of carbonyl (C=O) groups is 1. The summed E-state index contributed by atoms with van der Waals surface area (Å²) in [6.07, 6.45) is 6.94. The molecule has 1 fully saturated rings. The van der Waals surface area contributed by atoms with Gasteiger partial charge < -0.3 is 15.4 Å². The standard InChI is InChI=1S/C16H22N2O2/c1-20-15-8-3-13(4-9-15)5-10-16(19)18-12-2-11-17-14-6-7-14/h3-5,8-10,14,17H,2,6-7,11-12H2,1H3,(H,18,19)/b10-5+. The summed E-state index contributed by atoms with van der Waals surface area (Å²) >= 11 is 0. The Morgan fingerprint density at radius 3 is 2.70 bits per heavy atom. The minimum atomic E-state index is -0.0489. The molecule has 0 aliphatic heterocycles. The first-order valence-electron chi connectivity index (χ1n) is 7.11. The predicted octanol–water partition coefficient (Wildman–Crippen LogP) is 1.97. The van der Waals surface area contributed by atoms with Gasteiger partial charge in [-0.2, -0.15) is 0 Å². The second-order valence-electron chi connectivity index (χ2n) is 4.98. The monoisotopic (exact) mass is 274 g/mol. The van der Waals surface area contributed by atoms with E-state index in [0.717, 1.165) is 30.3 Å². The summed E-state index contributed by atoms with van der Waals surface area (Å²) < 4.78 is 5.08. The molecule has 0 unspecified atom stereocenters. The van der Waals surface area contributed by atoms with E-state index in [1.807, 2.05) is 24.3 Å². The molecule has 4 heteroatoms. The minimum Gasteiger partial charge on any atom is -0.497 e. The second kappa shape index (κ2) is 7.70. The van der Waals surface area contributed by atoms with E-state index in [1.165, 1.54) is 12.8 Å². The first-order chi connectivity index (χ1) is 9.78. The van der Waals surface area contributed by atoms with Gasteiger partial charge in [-0.15, -0.1) is 0 Å². The number of methoxy groups -OCH3 is 1. The molecule has 1 aliphatic carbocycles. The minimum absolute atomic E-state index is 0.0489. The van der Waals surface area contributed by atoms with Crippen LogP contribution in [0.25, 0.3) is 6.08 Å². The molecule has 1 aromatic rings. The van der Waals surface area contributed by atoms with Crippen LogP contribution in [0.5, 0.6) is 5.75 Å². The molecule has 0 heterocycles. The molecule has 4 nitrogen and oxygen atoms in total. The summed E-state index contributed by atoms with van der Waals surface area (Å²) in [6, 6.07) is 8.33. The van der Waals surface area contributed by atoms with Crippen molar-refractivity contribution in [3.05, 3.63) is 35.9 Å². The van der Waals surface area contributed by atoms with Gasteiger partial charge in [-0.1, -0.05) is 12.1 Å². The van der Waals surface area contributed by atoms with E-state index >= 15 is 0 Å². The maximum atomic E-state index is 11.6. The zero-order valence-electron chi connectivity index (χ0n) is 11.9. The van der Waals surface area contributed by atoms with E-state index in [2.05, 4.69) is 10.6 Å². The van der Waals surface area contributed by atoms with Crippen molar-refractivity contribution in [3.63, 3.8) is 0 Å². The van der Waals surface area contributed by atoms with Crippen molar-refractivity contribution in [1.82, 2.24) is 10.6 Å². The maximum Gasteiger partial charge on any atom is 0.243 e. The molecule has 0 bridgehead atoms. The van der Waals surface area contributed by atoms with Crippen molar-refractivity contribution in [2.24, 2.45) is 0 Å². The van der Waals surface area contributed by atoms with Crippen molar-refractivity contribution in [2.45, 2.75) is 25.3 Å². The highest BCUT2D eigenvalue weighted by Gasteiger charge is 2.19. The van der Waals surface area contributed by atoms with Gasteiger partial charge in [0.1, 0.15) is 5.75 Å². The number of ether oxygens (including phenoxy) is 1. The molecule has 108 valence electrons. The van der Waals surface area contributed by atoms with Crippen molar-refractivity contribution in [1.29, 1.82) is 0 Å². The van der Waals surface area contributed by atoms with Crippen LogP contribution in [0.2, 0.25) is 0 Å². The normalized spacial score (nSPS) is 14.4. The van der Waals surface area contributed by atoms with Crippen molar-refractivity contribution in [2.75, 3.05) is 20.2 Å². The smallest absolute Gasteiger partial charge is 0.243 e. The van der Waals surface area contributed by atoms with Crippen LogP contribution in [0.15, 0.2) is 30.3 Å². The largest absolute Gasteiger partial charge is 0.497 e. The summed E-state index contributed by atoms with van der Waals surface area (Å²) in [5.74, 6) is 0.766. The molecule has 0 atom stereocenters. The SMILES string of the molecule is COc1ccc(/C=C/C(=O)NCCCNC2CC2)cc1. The van der Waals surface area contributed by atoms with E-state index in [-0.39, 0.29) is 5.91 Å². The van der Waals surface area contributed by atoms with Gasteiger partial charge in [0.15, 0.2) is 0 Å². The number of rotatable bonds is 8. The molecule has 1 saturated carbocycles. The highest BCUT2D eigenvalue weighted by Crippen LogP contribution is 2.18. The van der Waals surface area contributed by atoms with Gasteiger partial charge in [0, 0.05) is 18.7 Å². The molecule has 0 spiro atoms. The van der Waals surface area contributed by atoms with Crippen LogP contribution in [-0.2, 0) is 4.79 Å². The lowest BCUT2D eigenvalue weighted by atomic mass is 10.2. The highest BCUT2D eigenvalue weighted by atomic mass is 16.5. The van der Waals surface area contributed by atoms with Crippen molar-refractivity contribution >= 4 is 12.0 Å². The molecule has 1 amide bonds. The lowest BCUT2D eigenvalue weighted by Gasteiger charge is -2.03. The zero-order valence-corrected chi connectivity index (χ0v) is 11.9. The van der Waals surface area contributed by atoms with Crippen LogP contribution < -0.4 is 15.4 Å². The van der Waals surface area contributed by atoms with Crippen LogP contribution in [-0.4, -0.2) is 32.1 Å². The summed E-state index contributed by atoms with van der Waals surface area (Å²) in [7, 11) is 1.64. The summed E-state index contributed by atoms with van der Waals surface area (Å²) in [4.78, 5) is 11.6. The van der Waals surface area contributed by atoms with Gasteiger partial charge in [0.2, 0.25) is 5.91 Å². The third-order valence-corrected chi connectivity index (χ3v) is 3.21. The van der Waals surface area contributed by atoms with Crippen LogP contribution in [0.1, 0.15) is 24.8 Å². The molecular formula is C16H22N2O2. The molecule has 0 aromatic heterocycles. The Labute approximate surface area is 120 Å². The topological polar surface area (TPSA) is 50.4 Å². The Morgan fingerprint density at radius 1 is 1.30 bits per heavy atom. The number of nitrogens with one attached hydrogen (secondary N) is 2. The van der Waals surface area contributed by atoms with Crippen LogP contribution in [0, 0.1) is 0 Å². The van der Waals surface area contributed by atoms with E-state index < -0.39 is 0 Å². The first-order valence-corrected chi connectivity index (χ1v) is 7.11. The zero-order chi connectivity index (χ0) is 14.2. The van der Waals surface area contributed by atoms with Crippen molar-refractivity contribution in [3.8, 4) is 5.75 Å². The molecule has 2 rings (SSSR count). The molecule has 1 aromatic carbocycles. The number of hydrogen-bond donors (Lipinski definition) is 2. The number of hydrogen-bond acceptors (Lipinski definition) is 3. The Hall–Kier alpha value is -1.81. The fourth-order valence-electron chi connectivity index (χ4n) is 1.84. The Bertz CT molecular complexity index is 450. The van der Waals surface area contributed by atoms with Crippen molar-refractivity contribution < 1.29 is 9.53 Å². The number of amides is 1. The van der Waals surface area contributed by atoms with Gasteiger partial charge in [-0.25, -0.2) is 0 Å². The summed E-state index contributed by atoms with van der Waals surface area (Å²) in [6.45, 7) is 1.69. The third kappa shape index (κ3) is 5.45. The predicted molar refractivity (Wildman–Crippen MR) is 80.7 cm³/mol. The summed E-state index contributed by atoms with van der Waals surface area (Å²) in [5.41, 5.74) is 0.983. The van der Waals surface area contributed by atoms with Crippen LogP contribution in [0.3, 0.4) is 0 Å². The Balaban J connectivity index is 1.62. The fraction of sp³-hybridized carbons (Fsp3) is 0.438. The van der Waals surface area contributed by atoms with Gasteiger partial charge in [0.05, 0.1) is 7.11 Å². The average molecular weight is 274 g/mol. The van der Waals surface area contributed by atoms with E-state index in [0.29, 0.717) is 6.54 Å². The van der Waals surface area contributed by atoms with Gasteiger partial charge in [0.25, 0.3) is 0 Å². The average Bonchev–Trinajstić information content (AvgIpc) is 3.29. The van der Waals surface area contributed by atoms with E-state index in [4.69, 9.17) is 4.74 Å². The molecule has 0 saturated heterocycles. The lowest BCUT2D eigenvalue weighted by molar-refractivity contribution is -0.116. The van der Waals surface area contributed by atoms with Crippen LogP contribution >= 0.6 is 0 Å². The van der Waals surface area contributed by atoms with Gasteiger partial charge in [-0.05, 0) is 49.6 Å². The van der Waals surface area contributed by atoms with E-state index in [1.54, 1.807) is 19.3 Å². The number of carbonyl (C=O) groups excluding carboxylic acids is 1. The first kappa shape index (κ1) is 14.6.